The monoisotopic (exact) mass is 374 g/mol. The van der Waals surface area contributed by atoms with Crippen molar-refractivity contribution >= 4 is 15.9 Å². The first kappa shape index (κ1) is 18.7. The zero-order valence-corrected chi connectivity index (χ0v) is 13.6. The van der Waals surface area contributed by atoms with Crippen LogP contribution in [0.1, 0.15) is 6.92 Å². The molecule has 25 heavy (non-hydrogen) atoms. The number of halogens is 3. The summed E-state index contributed by atoms with van der Waals surface area (Å²) in [5.41, 5.74) is 1.83. The fourth-order valence-corrected chi connectivity index (χ4v) is 2.67. The molecule has 0 bridgehead atoms. The van der Waals surface area contributed by atoms with Crippen LogP contribution in [0.25, 0.3) is 0 Å². The Labute approximate surface area is 141 Å². The molecule has 6 nitrogen and oxygen atoms in total. The van der Waals surface area contributed by atoms with Crippen LogP contribution in [0.3, 0.4) is 0 Å². The van der Waals surface area contributed by atoms with E-state index in [1.807, 2.05) is 5.43 Å². The molecular weight excluding hydrogens is 361 g/mol. The van der Waals surface area contributed by atoms with E-state index in [0.717, 1.165) is 18.2 Å². The standard InChI is InChI=1S/C15H13F3N2O4S/c1-9(24-12-5-2-10(16)3-6-12)15(21)19-20-25(22,23)14-8-11(17)4-7-13(14)18/h2-9,20H,1H3,(H,19,21)/t9-/m1/s1. The van der Waals surface area contributed by atoms with Gasteiger partial charge in [-0.25, -0.2) is 21.6 Å². The minimum atomic E-state index is -4.52. The first-order chi connectivity index (χ1) is 11.7. The van der Waals surface area contributed by atoms with Gasteiger partial charge < -0.3 is 4.74 Å². The number of carbonyl (C=O) groups excluding carboxylic acids is 1. The summed E-state index contributed by atoms with van der Waals surface area (Å²) < 4.78 is 68.4. The largest absolute Gasteiger partial charge is 0.481 e. The van der Waals surface area contributed by atoms with Crippen molar-refractivity contribution < 1.29 is 31.1 Å². The zero-order chi connectivity index (χ0) is 18.6. The quantitative estimate of drug-likeness (QED) is 0.757. The molecule has 0 saturated heterocycles. The first-order valence-corrected chi connectivity index (χ1v) is 8.36. The fourth-order valence-electron chi connectivity index (χ4n) is 1.73. The van der Waals surface area contributed by atoms with E-state index in [2.05, 4.69) is 0 Å². The zero-order valence-electron chi connectivity index (χ0n) is 12.8. The molecule has 0 aromatic heterocycles. The smallest absolute Gasteiger partial charge is 0.275 e. The molecule has 10 heteroatoms. The van der Waals surface area contributed by atoms with E-state index in [1.165, 1.54) is 19.1 Å². The summed E-state index contributed by atoms with van der Waals surface area (Å²) in [6, 6.07) is 6.68. The Hall–Kier alpha value is -2.59. The second-order valence-electron chi connectivity index (χ2n) is 4.88. The second kappa shape index (κ2) is 7.53. The number of hydrogen-bond acceptors (Lipinski definition) is 4. The molecule has 2 N–H and O–H groups in total. The van der Waals surface area contributed by atoms with Gasteiger partial charge in [-0.05, 0) is 49.4 Å². The van der Waals surface area contributed by atoms with Crippen LogP contribution in [-0.4, -0.2) is 20.4 Å². The molecule has 2 rings (SSSR count). The molecule has 2 aromatic rings. The Morgan fingerprint density at radius 3 is 2.28 bits per heavy atom. The number of hydrogen-bond donors (Lipinski definition) is 2. The van der Waals surface area contributed by atoms with Gasteiger partial charge in [-0.15, -0.1) is 4.83 Å². The summed E-state index contributed by atoms with van der Waals surface area (Å²) in [7, 11) is -4.52. The average Bonchev–Trinajstić information content (AvgIpc) is 2.56. The van der Waals surface area contributed by atoms with Crippen molar-refractivity contribution in [1.29, 1.82) is 0 Å². The van der Waals surface area contributed by atoms with Gasteiger partial charge in [0.1, 0.15) is 28.1 Å². The highest BCUT2D eigenvalue weighted by Gasteiger charge is 2.22. The highest BCUT2D eigenvalue weighted by atomic mass is 32.2. The van der Waals surface area contributed by atoms with E-state index >= 15 is 0 Å². The summed E-state index contributed by atoms with van der Waals surface area (Å²) in [5, 5.41) is 0. The number of nitrogens with one attached hydrogen (secondary N) is 2. The van der Waals surface area contributed by atoms with Crippen molar-refractivity contribution in [3.63, 3.8) is 0 Å². The Morgan fingerprint density at radius 2 is 1.64 bits per heavy atom. The summed E-state index contributed by atoms with van der Waals surface area (Å²) in [6.45, 7) is 1.32. The van der Waals surface area contributed by atoms with Gasteiger partial charge in [0.05, 0.1) is 0 Å². The van der Waals surface area contributed by atoms with Crippen LogP contribution >= 0.6 is 0 Å². The van der Waals surface area contributed by atoms with Gasteiger partial charge in [0, 0.05) is 0 Å². The first-order valence-electron chi connectivity index (χ1n) is 6.88. The van der Waals surface area contributed by atoms with Gasteiger partial charge in [0.15, 0.2) is 6.10 Å². The maximum absolute atomic E-state index is 13.5. The summed E-state index contributed by atoms with van der Waals surface area (Å²) in [5.74, 6) is -3.35. The summed E-state index contributed by atoms with van der Waals surface area (Å²) in [6.07, 6.45) is -1.15. The number of benzene rings is 2. The number of rotatable bonds is 6. The lowest BCUT2D eigenvalue weighted by atomic mass is 10.3. The number of sulfonamides is 1. The van der Waals surface area contributed by atoms with Crippen LogP contribution in [0.2, 0.25) is 0 Å². The SMILES string of the molecule is C[C@@H](Oc1ccc(F)cc1)C(=O)NNS(=O)(=O)c1cc(F)ccc1F. The molecule has 0 aliphatic heterocycles. The van der Waals surface area contributed by atoms with Gasteiger partial charge in [0.2, 0.25) is 0 Å². The lowest BCUT2D eigenvalue weighted by molar-refractivity contribution is -0.127. The van der Waals surface area contributed by atoms with E-state index in [1.54, 1.807) is 4.83 Å². The molecule has 0 radical (unpaired) electrons. The predicted molar refractivity (Wildman–Crippen MR) is 81.3 cm³/mol. The van der Waals surface area contributed by atoms with Crippen molar-refractivity contribution in [2.75, 3.05) is 0 Å². The van der Waals surface area contributed by atoms with Gasteiger partial charge in [-0.2, -0.15) is 0 Å². The molecule has 0 aliphatic carbocycles. The van der Waals surface area contributed by atoms with Crippen LogP contribution < -0.4 is 15.0 Å². The molecule has 0 heterocycles. The Bertz CT molecular complexity index is 873. The fraction of sp³-hybridized carbons (Fsp3) is 0.133. The minimum absolute atomic E-state index is 0.183. The Morgan fingerprint density at radius 1 is 1.04 bits per heavy atom. The molecule has 0 aliphatic rings. The Balaban J connectivity index is 2.00. The third kappa shape index (κ3) is 4.94. The molecule has 1 amide bonds. The van der Waals surface area contributed by atoms with Crippen LogP contribution in [0.15, 0.2) is 47.4 Å². The van der Waals surface area contributed by atoms with Crippen LogP contribution in [0.4, 0.5) is 13.2 Å². The second-order valence-corrected chi connectivity index (χ2v) is 6.53. The Kier molecular flexibility index (Phi) is 5.65. The van der Waals surface area contributed by atoms with Crippen LogP contribution in [0, 0.1) is 17.5 Å². The van der Waals surface area contributed by atoms with E-state index in [-0.39, 0.29) is 5.75 Å². The third-order valence-electron chi connectivity index (χ3n) is 2.99. The maximum Gasteiger partial charge on any atom is 0.275 e. The van der Waals surface area contributed by atoms with Crippen molar-refractivity contribution in [2.24, 2.45) is 0 Å². The van der Waals surface area contributed by atoms with Crippen molar-refractivity contribution in [3.8, 4) is 5.75 Å². The molecule has 134 valence electrons. The van der Waals surface area contributed by atoms with E-state index < -0.39 is 44.4 Å². The van der Waals surface area contributed by atoms with Gasteiger partial charge in [-0.1, -0.05) is 0 Å². The lowest BCUT2D eigenvalue weighted by Crippen LogP contribution is -2.47. The van der Waals surface area contributed by atoms with Gasteiger partial charge >= 0.3 is 0 Å². The average molecular weight is 374 g/mol. The number of ether oxygens (including phenoxy) is 1. The molecular formula is C15H13F3N2O4S. The van der Waals surface area contributed by atoms with Crippen LogP contribution in [0.5, 0.6) is 5.75 Å². The summed E-state index contributed by atoms with van der Waals surface area (Å²) >= 11 is 0. The number of amides is 1. The van der Waals surface area contributed by atoms with Crippen molar-refractivity contribution in [1.82, 2.24) is 10.3 Å². The third-order valence-corrected chi connectivity index (χ3v) is 4.25. The van der Waals surface area contributed by atoms with E-state index in [0.29, 0.717) is 12.1 Å². The molecule has 0 unspecified atom stereocenters. The van der Waals surface area contributed by atoms with Gasteiger partial charge in [-0.3, -0.25) is 10.2 Å². The summed E-state index contributed by atoms with van der Waals surface area (Å²) in [4.78, 5) is 12.5. The predicted octanol–water partition coefficient (Wildman–Crippen LogP) is 1.88. The van der Waals surface area contributed by atoms with Crippen molar-refractivity contribution in [3.05, 3.63) is 59.9 Å². The topological polar surface area (TPSA) is 84.5 Å². The minimum Gasteiger partial charge on any atom is -0.481 e. The van der Waals surface area contributed by atoms with Crippen molar-refractivity contribution in [2.45, 2.75) is 17.9 Å². The molecule has 2 aromatic carbocycles. The molecule has 0 fully saturated rings. The van der Waals surface area contributed by atoms with E-state index in [4.69, 9.17) is 4.74 Å². The normalized spacial score (nSPS) is 12.5. The number of carbonyl (C=O) groups is 1. The highest BCUT2D eigenvalue weighted by Crippen LogP contribution is 2.15. The highest BCUT2D eigenvalue weighted by molar-refractivity contribution is 7.89. The molecule has 1 atom stereocenters. The maximum atomic E-state index is 13.5. The number of hydrazine groups is 1. The molecule has 0 spiro atoms. The van der Waals surface area contributed by atoms with Crippen LogP contribution in [-0.2, 0) is 14.8 Å². The molecule has 0 saturated carbocycles. The van der Waals surface area contributed by atoms with Gasteiger partial charge in [0.25, 0.3) is 15.9 Å². The van der Waals surface area contributed by atoms with E-state index in [9.17, 15) is 26.4 Å². The lowest BCUT2D eigenvalue weighted by Gasteiger charge is -2.15.